The van der Waals surface area contributed by atoms with Gasteiger partial charge in [0.25, 0.3) is 0 Å². The summed E-state index contributed by atoms with van der Waals surface area (Å²) in [6, 6.07) is 13.4. The highest BCUT2D eigenvalue weighted by molar-refractivity contribution is 5.79. The quantitative estimate of drug-likeness (QED) is 0.467. The van der Waals surface area contributed by atoms with Crippen LogP contribution in [-0.2, 0) is 6.42 Å². The Bertz CT molecular complexity index is 793. The normalized spacial score (nSPS) is 16.6. The Labute approximate surface area is 171 Å². The lowest BCUT2D eigenvalue weighted by Crippen LogP contribution is -2.42. The average molecular weight is 399 g/mol. The zero-order valence-corrected chi connectivity index (χ0v) is 17.1. The fourth-order valence-corrected chi connectivity index (χ4v) is 3.23. The summed E-state index contributed by atoms with van der Waals surface area (Å²) in [5, 5.41) is 17.1. The first-order valence-electron chi connectivity index (χ1n) is 9.80. The molecule has 7 nitrogen and oxygen atoms in total. The van der Waals surface area contributed by atoms with Gasteiger partial charge >= 0.3 is 0 Å². The first-order valence-corrected chi connectivity index (χ1v) is 9.80. The van der Waals surface area contributed by atoms with Crippen LogP contribution < -0.4 is 24.8 Å². The largest absolute Gasteiger partial charge is 0.497 e. The summed E-state index contributed by atoms with van der Waals surface area (Å²) in [5.41, 5.74) is 1.92. The predicted octanol–water partition coefficient (Wildman–Crippen LogP) is 2.30. The highest BCUT2D eigenvalue weighted by atomic mass is 16.5. The van der Waals surface area contributed by atoms with Gasteiger partial charge in [-0.15, -0.1) is 0 Å². The summed E-state index contributed by atoms with van der Waals surface area (Å²) in [4.78, 5) is 4.52. The molecule has 0 saturated carbocycles. The molecule has 0 aromatic heterocycles. The third-order valence-corrected chi connectivity index (χ3v) is 4.74. The molecule has 0 aliphatic carbocycles. The number of benzene rings is 2. The molecule has 156 valence electrons. The van der Waals surface area contributed by atoms with E-state index >= 15 is 0 Å². The number of para-hydroxylation sites is 1. The number of nitrogens with one attached hydrogen (secondary N) is 2. The van der Waals surface area contributed by atoms with Crippen LogP contribution >= 0.6 is 0 Å². The Morgan fingerprint density at radius 3 is 2.55 bits per heavy atom. The molecular weight excluding hydrogens is 370 g/mol. The van der Waals surface area contributed by atoms with E-state index in [-0.39, 0.29) is 12.6 Å². The molecule has 0 spiro atoms. The second-order valence-corrected chi connectivity index (χ2v) is 6.81. The van der Waals surface area contributed by atoms with Gasteiger partial charge in [-0.3, -0.25) is 4.99 Å². The van der Waals surface area contributed by atoms with Crippen molar-refractivity contribution >= 4 is 5.96 Å². The summed E-state index contributed by atoms with van der Waals surface area (Å²) >= 11 is 0. The van der Waals surface area contributed by atoms with E-state index in [1.165, 1.54) is 5.56 Å². The van der Waals surface area contributed by atoms with E-state index in [0.29, 0.717) is 29.6 Å². The summed E-state index contributed by atoms with van der Waals surface area (Å²) in [7, 11) is 3.17. The van der Waals surface area contributed by atoms with Gasteiger partial charge in [0.15, 0.2) is 5.96 Å². The van der Waals surface area contributed by atoms with Crippen LogP contribution in [0, 0.1) is 0 Å². The van der Waals surface area contributed by atoms with Gasteiger partial charge < -0.3 is 30.0 Å². The molecule has 0 radical (unpaired) electrons. The molecule has 3 N–H and O–H groups in total. The molecule has 0 fully saturated rings. The number of aliphatic hydroxyl groups is 1. The molecule has 1 heterocycles. The van der Waals surface area contributed by atoms with Crippen LogP contribution in [0.25, 0.3) is 0 Å². The Balaban J connectivity index is 1.59. The second-order valence-electron chi connectivity index (χ2n) is 6.81. The maximum absolute atomic E-state index is 10.6. The van der Waals surface area contributed by atoms with Gasteiger partial charge in [0.1, 0.15) is 23.4 Å². The number of fused-ring (bicyclic) bond motifs is 1. The number of guanidine groups is 1. The van der Waals surface area contributed by atoms with Crippen LogP contribution in [0.2, 0.25) is 0 Å². The number of aliphatic imine (C=N–C) groups is 1. The van der Waals surface area contributed by atoms with Crippen LogP contribution in [0.4, 0.5) is 0 Å². The van der Waals surface area contributed by atoms with Gasteiger partial charge in [-0.2, -0.15) is 0 Å². The molecule has 3 rings (SSSR count). The van der Waals surface area contributed by atoms with Crippen LogP contribution in [-0.4, -0.2) is 51.0 Å². The van der Waals surface area contributed by atoms with Gasteiger partial charge in [0.05, 0.1) is 33.4 Å². The Morgan fingerprint density at radius 1 is 1.17 bits per heavy atom. The molecule has 0 saturated heterocycles. The molecule has 2 unspecified atom stereocenters. The SMILES string of the molecule is CCNC(=NCC(O)c1cc(OC)cc(OC)c1)NCC1Cc2ccccc2O1. The standard InChI is InChI=1S/C22H29N3O4/c1-4-23-22(24-13-19-9-15-7-5-6-8-21(15)29-19)25-14-20(26)16-10-17(27-2)12-18(11-16)28-3/h5-8,10-12,19-20,26H,4,9,13-14H2,1-3H3,(H2,23,24,25). The number of ether oxygens (including phenoxy) is 3. The Kier molecular flexibility index (Phi) is 7.19. The van der Waals surface area contributed by atoms with Crippen molar-refractivity contribution in [1.82, 2.24) is 10.6 Å². The van der Waals surface area contributed by atoms with E-state index in [4.69, 9.17) is 14.2 Å². The molecule has 7 heteroatoms. The number of nitrogens with zero attached hydrogens (tertiary/aromatic N) is 1. The summed E-state index contributed by atoms with van der Waals surface area (Å²) in [5.74, 6) is 2.85. The van der Waals surface area contributed by atoms with Crippen molar-refractivity contribution in [3.05, 3.63) is 53.6 Å². The van der Waals surface area contributed by atoms with Gasteiger partial charge in [-0.05, 0) is 36.2 Å². The summed E-state index contributed by atoms with van der Waals surface area (Å²) < 4.78 is 16.5. The summed E-state index contributed by atoms with van der Waals surface area (Å²) in [6.45, 7) is 3.56. The minimum Gasteiger partial charge on any atom is -0.497 e. The molecule has 1 aliphatic heterocycles. The number of rotatable bonds is 8. The van der Waals surface area contributed by atoms with Crippen molar-refractivity contribution in [3.8, 4) is 17.2 Å². The van der Waals surface area contributed by atoms with Gasteiger partial charge in [-0.25, -0.2) is 0 Å². The molecule has 1 aliphatic rings. The molecule has 0 bridgehead atoms. The lowest BCUT2D eigenvalue weighted by atomic mass is 10.1. The molecular formula is C22H29N3O4. The van der Waals surface area contributed by atoms with Crippen LogP contribution in [0.1, 0.15) is 24.2 Å². The van der Waals surface area contributed by atoms with Crippen molar-refractivity contribution in [2.24, 2.45) is 4.99 Å². The highest BCUT2D eigenvalue weighted by Crippen LogP contribution is 2.28. The van der Waals surface area contributed by atoms with Crippen molar-refractivity contribution in [3.63, 3.8) is 0 Å². The van der Waals surface area contributed by atoms with E-state index in [1.54, 1.807) is 32.4 Å². The smallest absolute Gasteiger partial charge is 0.191 e. The lowest BCUT2D eigenvalue weighted by molar-refractivity contribution is 0.186. The molecule has 0 amide bonds. The maximum Gasteiger partial charge on any atom is 0.191 e. The minimum absolute atomic E-state index is 0.0591. The maximum atomic E-state index is 10.6. The van der Waals surface area contributed by atoms with Crippen molar-refractivity contribution in [1.29, 1.82) is 0 Å². The second kappa shape index (κ2) is 10.0. The van der Waals surface area contributed by atoms with Gasteiger partial charge in [-0.1, -0.05) is 18.2 Å². The van der Waals surface area contributed by atoms with Crippen molar-refractivity contribution in [2.75, 3.05) is 33.9 Å². The zero-order valence-electron chi connectivity index (χ0n) is 17.1. The zero-order chi connectivity index (χ0) is 20.6. The van der Waals surface area contributed by atoms with E-state index in [9.17, 15) is 5.11 Å². The molecule has 2 atom stereocenters. The van der Waals surface area contributed by atoms with Crippen LogP contribution in [0.3, 0.4) is 0 Å². The monoisotopic (exact) mass is 399 g/mol. The van der Waals surface area contributed by atoms with E-state index in [1.807, 2.05) is 25.1 Å². The van der Waals surface area contributed by atoms with Crippen LogP contribution in [0.5, 0.6) is 17.2 Å². The average Bonchev–Trinajstić information content (AvgIpc) is 3.18. The lowest BCUT2D eigenvalue weighted by Gasteiger charge is -2.17. The fourth-order valence-electron chi connectivity index (χ4n) is 3.23. The number of hydrogen-bond donors (Lipinski definition) is 3. The van der Waals surface area contributed by atoms with E-state index in [2.05, 4.69) is 21.7 Å². The predicted molar refractivity (Wildman–Crippen MR) is 113 cm³/mol. The Hall–Kier alpha value is -2.93. The molecule has 2 aromatic carbocycles. The van der Waals surface area contributed by atoms with Crippen molar-refractivity contribution in [2.45, 2.75) is 25.6 Å². The fraction of sp³-hybridized carbons (Fsp3) is 0.409. The van der Waals surface area contributed by atoms with E-state index < -0.39 is 6.10 Å². The van der Waals surface area contributed by atoms with Crippen LogP contribution in [0.15, 0.2) is 47.5 Å². The molecule has 2 aromatic rings. The summed E-state index contributed by atoms with van der Waals surface area (Å²) in [6.07, 6.45) is 0.153. The highest BCUT2D eigenvalue weighted by Gasteiger charge is 2.22. The third kappa shape index (κ3) is 5.54. The number of methoxy groups -OCH3 is 2. The number of aliphatic hydroxyl groups excluding tert-OH is 1. The van der Waals surface area contributed by atoms with E-state index in [0.717, 1.165) is 18.7 Å². The topological polar surface area (TPSA) is 84.3 Å². The molecule has 29 heavy (non-hydrogen) atoms. The van der Waals surface area contributed by atoms with Crippen molar-refractivity contribution < 1.29 is 19.3 Å². The number of hydrogen-bond acceptors (Lipinski definition) is 5. The first kappa shape index (κ1) is 20.8. The van der Waals surface area contributed by atoms with Gasteiger partial charge in [0, 0.05) is 19.0 Å². The van der Waals surface area contributed by atoms with Gasteiger partial charge in [0.2, 0.25) is 0 Å². The first-order chi connectivity index (χ1) is 14.1. The third-order valence-electron chi connectivity index (χ3n) is 4.74. The Morgan fingerprint density at radius 2 is 1.90 bits per heavy atom. The minimum atomic E-state index is -0.776.